The van der Waals surface area contributed by atoms with E-state index in [1.165, 1.54) is 37.8 Å². The number of aryl methyl sites for hydroxylation is 1. The van der Waals surface area contributed by atoms with E-state index >= 15 is 0 Å². The second-order valence-corrected chi connectivity index (χ2v) is 6.90. The minimum Gasteiger partial charge on any atom is -0.311 e. The summed E-state index contributed by atoms with van der Waals surface area (Å²) in [5.74, 6) is 0.884. The highest BCUT2D eigenvalue weighted by molar-refractivity contribution is 5.10. The molecule has 0 aromatic carbocycles. The lowest BCUT2D eigenvalue weighted by atomic mass is 9.88. The summed E-state index contributed by atoms with van der Waals surface area (Å²) in [6.45, 7) is 8.10. The van der Waals surface area contributed by atoms with Gasteiger partial charge in [-0.25, -0.2) is 0 Å². The smallest absolute Gasteiger partial charge is 0.0534 e. The van der Waals surface area contributed by atoms with Crippen LogP contribution in [0.2, 0.25) is 0 Å². The van der Waals surface area contributed by atoms with Gasteiger partial charge in [0, 0.05) is 50.0 Å². The Labute approximate surface area is 122 Å². The number of piperazine rings is 1. The standard InChI is InChI=1S/C16H28N4/c1-4-5-15-11-20(10-13-8-18-19(3)9-13)16(2,12-17-15)14-6-7-14/h8-9,14-15,17H,4-7,10-12H2,1-3H3. The van der Waals surface area contributed by atoms with Gasteiger partial charge in [-0.05, 0) is 32.1 Å². The zero-order valence-electron chi connectivity index (χ0n) is 13.1. The van der Waals surface area contributed by atoms with Crippen LogP contribution < -0.4 is 5.32 Å². The highest BCUT2D eigenvalue weighted by Crippen LogP contribution is 2.44. The molecule has 20 heavy (non-hydrogen) atoms. The molecule has 1 aliphatic carbocycles. The summed E-state index contributed by atoms with van der Waals surface area (Å²) in [6.07, 6.45) is 9.53. The van der Waals surface area contributed by atoms with Crippen molar-refractivity contribution in [3.05, 3.63) is 18.0 Å². The SMILES string of the molecule is CCCC1CN(Cc2cnn(C)c2)C(C)(C2CC2)CN1. The van der Waals surface area contributed by atoms with Gasteiger partial charge in [0.15, 0.2) is 0 Å². The topological polar surface area (TPSA) is 33.1 Å². The zero-order valence-corrected chi connectivity index (χ0v) is 13.1. The first-order valence-corrected chi connectivity index (χ1v) is 8.08. The molecule has 2 unspecified atom stereocenters. The lowest BCUT2D eigenvalue weighted by Gasteiger charge is -2.48. The summed E-state index contributed by atoms with van der Waals surface area (Å²) in [5, 5.41) is 8.11. The second-order valence-electron chi connectivity index (χ2n) is 6.90. The molecular weight excluding hydrogens is 248 g/mol. The molecule has 4 heteroatoms. The van der Waals surface area contributed by atoms with Crippen molar-refractivity contribution in [3.8, 4) is 0 Å². The van der Waals surface area contributed by atoms with Crippen molar-refractivity contribution in [2.75, 3.05) is 13.1 Å². The van der Waals surface area contributed by atoms with E-state index in [0.29, 0.717) is 11.6 Å². The summed E-state index contributed by atoms with van der Waals surface area (Å²) < 4.78 is 1.91. The summed E-state index contributed by atoms with van der Waals surface area (Å²) in [5.41, 5.74) is 1.68. The fourth-order valence-electron chi connectivity index (χ4n) is 3.67. The molecule has 2 heterocycles. The number of aromatic nitrogens is 2. The molecule has 1 aromatic heterocycles. The van der Waals surface area contributed by atoms with Crippen molar-refractivity contribution in [2.45, 2.75) is 57.7 Å². The van der Waals surface area contributed by atoms with Crippen LogP contribution >= 0.6 is 0 Å². The van der Waals surface area contributed by atoms with Crippen LogP contribution in [0.25, 0.3) is 0 Å². The molecule has 3 rings (SSSR count). The van der Waals surface area contributed by atoms with Gasteiger partial charge >= 0.3 is 0 Å². The predicted molar refractivity (Wildman–Crippen MR) is 81.4 cm³/mol. The van der Waals surface area contributed by atoms with Crippen LogP contribution in [-0.2, 0) is 13.6 Å². The lowest BCUT2D eigenvalue weighted by Crippen LogP contribution is -2.63. The van der Waals surface area contributed by atoms with Crippen LogP contribution in [0.1, 0.15) is 45.1 Å². The maximum absolute atomic E-state index is 4.32. The summed E-state index contributed by atoms with van der Waals surface area (Å²) >= 11 is 0. The van der Waals surface area contributed by atoms with Crippen LogP contribution in [0.15, 0.2) is 12.4 Å². The fraction of sp³-hybridized carbons (Fsp3) is 0.812. The lowest BCUT2D eigenvalue weighted by molar-refractivity contribution is 0.0260. The summed E-state index contributed by atoms with van der Waals surface area (Å²) in [6, 6.07) is 0.656. The fourth-order valence-corrected chi connectivity index (χ4v) is 3.67. The largest absolute Gasteiger partial charge is 0.311 e. The number of rotatable bonds is 5. The quantitative estimate of drug-likeness (QED) is 0.894. The van der Waals surface area contributed by atoms with Crippen molar-refractivity contribution in [1.82, 2.24) is 20.0 Å². The average Bonchev–Trinajstić information content (AvgIpc) is 3.19. The number of hydrogen-bond acceptors (Lipinski definition) is 3. The Morgan fingerprint density at radius 2 is 2.25 bits per heavy atom. The molecule has 1 aliphatic heterocycles. The minimum atomic E-state index is 0.333. The van der Waals surface area contributed by atoms with Crippen molar-refractivity contribution >= 4 is 0 Å². The van der Waals surface area contributed by atoms with Gasteiger partial charge in [-0.3, -0.25) is 9.58 Å². The third kappa shape index (κ3) is 2.77. The summed E-state index contributed by atoms with van der Waals surface area (Å²) in [4.78, 5) is 2.72. The van der Waals surface area contributed by atoms with Gasteiger partial charge in [0.05, 0.1) is 6.20 Å². The molecule has 0 amide bonds. The van der Waals surface area contributed by atoms with Crippen molar-refractivity contribution < 1.29 is 0 Å². The molecule has 4 nitrogen and oxygen atoms in total. The third-order valence-corrected chi connectivity index (χ3v) is 5.14. The molecule has 1 saturated heterocycles. The van der Waals surface area contributed by atoms with E-state index in [2.05, 4.69) is 35.4 Å². The number of nitrogens with one attached hydrogen (secondary N) is 1. The molecule has 1 N–H and O–H groups in total. The maximum atomic E-state index is 4.32. The van der Waals surface area contributed by atoms with E-state index in [1.807, 2.05) is 17.9 Å². The average molecular weight is 276 g/mol. The Kier molecular flexibility index (Phi) is 3.87. The first kappa shape index (κ1) is 14.1. The molecule has 112 valence electrons. The molecule has 1 aromatic rings. The van der Waals surface area contributed by atoms with E-state index in [9.17, 15) is 0 Å². The Morgan fingerprint density at radius 1 is 1.45 bits per heavy atom. The van der Waals surface area contributed by atoms with Crippen molar-refractivity contribution in [1.29, 1.82) is 0 Å². The van der Waals surface area contributed by atoms with Gasteiger partial charge < -0.3 is 5.32 Å². The normalized spacial score (nSPS) is 31.6. The molecular formula is C16H28N4. The summed E-state index contributed by atoms with van der Waals surface area (Å²) in [7, 11) is 2.00. The van der Waals surface area contributed by atoms with Crippen LogP contribution in [0, 0.1) is 5.92 Å². The van der Waals surface area contributed by atoms with Crippen LogP contribution in [0.5, 0.6) is 0 Å². The monoisotopic (exact) mass is 276 g/mol. The first-order chi connectivity index (χ1) is 9.61. The highest BCUT2D eigenvalue weighted by atomic mass is 15.3. The highest BCUT2D eigenvalue weighted by Gasteiger charge is 2.48. The van der Waals surface area contributed by atoms with Crippen molar-refractivity contribution in [2.24, 2.45) is 13.0 Å². The molecule has 0 bridgehead atoms. The van der Waals surface area contributed by atoms with E-state index in [0.717, 1.165) is 19.0 Å². The number of nitrogens with zero attached hydrogens (tertiary/aromatic N) is 3. The van der Waals surface area contributed by atoms with Gasteiger partial charge in [0.2, 0.25) is 0 Å². The second kappa shape index (κ2) is 5.49. The van der Waals surface area contributed by atoms with Gasteiger partial charge in [0.1, 0.15) is 0 Å². The molecule has 2 atom stereocenters. The molecule has 0 radical (unpaired) electrons. The van der Waals surface area contributed by atoms with Crippen LogP contribution in [0.4, 0.5) is 0 Å². The molecule has 2 fully saturated rings. The van der Waals surface area contributed by atoms with Crippen LogP contribution in [-0.4, -0.2) is 39.4 Å². The predicted octanol–water partition coefficient (Wildman–Crippen LogP) is 2.16. The number of hydrogen-bond donors (Lipinski definition) is 1. The zero-order chi connectivity index (χ0) is 14.2. The van der Waals surface area contributed by atoms with E-state index in [1.54, 1.807) is 0 Å². The Hall–Kier alpha value is -0.870. The van der Waals surface area contributed by atoms with E-state index in [4.69, 9.17) is 0 Å². The Balaban J connectivity index is 1.74. The van der Waals surface area contributed by atoms with E-state index < -0.39 is 0 Å². The van der Waals surface area contributed by atoms with Gasteiger partial charge in [-0.1, -0.05) is 13.3 Å². The maximum Gasteiger partial charge on any atom is 0.0534 e. The van der Waals surface area contributed by atoms with Gasteiger partial charge in [-0.2, -0.15) is 5.10 Å². The molecule has 1 saturated carbocycles. The van der Waals surface area contributed by atoms with Gasteiger partial charge in [0.25, 0.3) is 0 Å². The van der Waals surface area contributed by atoms with E-state index in [-0.39, 0.29) is 0 Å². The van der Waals surface area contributed by atoms with Crippen LogP contribution in [0.3, 0.4) is 0 Å². The van der Waals surface area contributed by atoms with Crippen molar-refractivity contribution in [3.63, 3.8) is 0 Å². The minimum absolute atomic E-state index is 0.333. The molecule has 2 aliphatic rings. The third-order valence-electron chi connectivity index (χ3n) is 5.14. The van der Waals surface area contributed by atoms with Gasteiger partial charge in [-0.15, -0.1) is 0 Å². The Morgan fingerprint density at radius 3 is 2.85 bits per heavy atom. The first-order valence-electron chi connectivity index (χ1n) is 8.08. The Bertz CT molecular complexity index is 451. The molecule has 0 spiro atoms.